The molecule has 0 aromatic heterocycles. The number of ether oxygens (including phenoxy) is 3. The minimum atomic E-state index is 0.0244. The van der Waals surface area contributed by atoms with Crippen molar-refractivity contribution in [3.8, 4) is 11.5 Å². The largest absolute Gasteiger partial charge is 0.497 e. The van der Waals surface area contributed by atoms with Crippen molar-refractivity contribution >= 4 is 0 Å². The zero-order valence-corrected chi connectivity index (χ0v) is 16.1. The lowest BCUT2D eigenvalue weighted by molar-refractivity contribution is 0.0337. The molecular formula is C22H28N2O3. The van der Waals surface area contributed by atoms with Crippen molar-refractivity contribution in [1.82, 2.24) is 10.2 Å². The molecule has 1 atom stereocenters. The van der Waals surface area contributed by atoms with E-state index in [1.54, 1.807) is 14.2 Å². The number of nitrogens with zero attached hydrogens (tertiary/aromatic N) is 1. The van der Waals surface area contributed by atoms with E-state index in [4.69, 9.17) is 14.2 Å². The van der Waals surface area contributed by atoms with Gasteiger partial charge in [-0.15, -0.1) is 0 Å². The second-order valence-corrected chi connectivity index (χ2v) is 6.53. The van der Waals surface area contributed by atoms with Crippen LogP contribution in [-0.4, -0.2) is 38.9 Å². The molecule has 0 amide bonds. The van der Waals surface area contributed by atoms with E-state index in [0.29, 0.717) is 6.61 Å². The van der Waals surface area contributed by atoms with Crippen molar-refractivity contribution in [3.05, 3.63) is 72.1 Å². The minimum absolute atomic E-state index is 0.0244. The summed E-state index contributed by atoms with van der Waals surface area (Å²) in [6.45, 7) is 2.36. The van der Waals surface area contributed by atoms with Crippen LogP contribution in [0.5, 0.6) is 11.5 Å². The maximum Gasteiger partial charge on any atom is 0.118 e. The summed E-state index contributed by atoms with van der Waals surface area (Å²) in [5, 5.41) is 3.21. The third kappa shape index (κ3) is 5.66. The van der Waals surface area contributed by atoms with Gasteiger partial charge in [0.05, 0.1) is 27.0 Å². The maximum absolute atomic E-state index is 6.26. The summed E-state index contributed by atoms with van der Waals surface area (Å²) in [6, 6.07) is 16.4. The van der Waals surface area contributed by atoms with Gasteiger partial charge in [0, 0.05) is 25.6 Å². The molecule has 0 radical (unpaired) electrons. The predicted molar refractivity (Wildman–Crippen MR) is 107 cm³/mol. The molecule has 2 aromatic rings. The van der Waals surface area contributed by atoms with E-state index in [1.807, 2.05) is 30.5 Å². The normalized spacial score (nSPS) is 14.1. The zero-order valence-electron chi connectivity index (χ0n) is 16.1. The predicted octanol–water partition coefficient (Wildman–Crippen LogP) is 3.73. The van der Waals surface area contributed by atoms with Crippen LogP contribution in [0.3, 0.4) is 0 Å². The van der Waals surface area contributed by atoms with E-state index in [2.05, 4.69) is 40.7 Å². The fraction of sp³-hybridized carbons (Fsp3) is 0.364. The summed E-state index contributed by atoms with van der Waals surface area (Å²) >= 11 is 0. The molecule has 1 aliphatic rings. The Balaban J connectivity index is 1.54. The number of aryl methyl sites for hydroxylation is 1. The fourth-order valence-corrected chi connectivity index (χ4v) is 3.09. The molecule has 5 nitrogen and oxygen atoms in total. The van der Waals surface area contributed by atoms with Crippen LogP contribution < -0.4 is 14.8 Å². The van der Waals surface area contributed by atoms with Crippen molar-refractivity contribution in [1.29, 1.82) is 0 Å². The average Bonchev–Trinajstić information content (AvgIpc) is 3.24. The second-order valence-electron chi connectivity index (χ2n) is 6.53. The highest BCUT2D eigenvalue weighted by Gasteiger charge is 2.16. The summed E-state index contributed by atoms with van der Waals surface area (Å²) in [4.78, 5) is 2.22. The summed E-state index contributed by atoms with van der Waals surface area (Å²) in [6.07, 6.45) is 6.03. The first-order chi connectivity index (χ1) is 13.3. The number of methoxy groups -OCH3 is 2. The molecule has 0 fully saturated rings. The Kier molecular flexibility index (Phi) is 6.99. The summed E-state index contributed by atoms with van der Waals surface area (Å²) in [5.74, 6) is 1.75. The van der Waals surface area contributed by atoms with Crippen molar-refractivity contribution < 1.29 is 14.2 Å². The Labute approximate surface area is 161 Å². The first kappa shape index (κ1) is 19.1. The Morgan fingerprint density at radius 1 is 0.963 bits per heavy atom. The molecule has 0 aliphatic carbocycles. The highest BCUT2D eigenvalue weighted by Crippen LogP contribution is 2.23. The van der Waals surface area contributed by atoms with Crippen LogP contribution >= 0.6 is 0 Å². The van der Waals surface area contributed by atoms with E-state index in [0.717, 1.165) is 37.6 Å². The van der Waals surface area contributed by atoms with Crippen LogP contribution in [0.15, 0.2) is 60.9 Å². The van der Waals surface area contributed by atoms with Gasteiger partial charge in [-0.05, 0) is 48.2 Å². The molecule has 0 saturated heterocycles. The van der Waals surface area contributed by atoms with Gasteiger partial charge < -0.3 is 24.4 Å². The van der Waals surface area contributed by atoms with E-state index < -0.39 is 0 Å². The molecule has 5 heteroatoms. The van der Waals surface area contributed by atoms with Gasteiger partial charge in [-0.2, -0.15) is 0 Å². The molecular weight excluding hydrogens is 340 g/mol. The second kappa shape index (κ2) is 9.88. The monoisotopic (exact) mass is 368 g/mol. The average molecular weight is 368 g/mol. The van der Waals surface area contributed by atoms with Gasteiger partial charge in [-0.25, -0.2) is 0 Å². The van der Waals surface area contributed by atoms with Crippen molar-refractivity contribution in [2.24, 2.45) is 0 Å². The van der Waals surface area contributed by atoms with E-state index >= 15 is 0 Å². The van der Waals surface area contributed by atoms with E-state index in [-0.39, 0.29) is 6.10 Å². The number of nitrogens with one attached hydrogen (secondary N) is 1. The Bertz CT molecular complexity index is 713. The molecule has 144 valence electrons. The highest BCUT2D eigenvalue weighted by molar-refractivity contribution is 5.29. The lowest BCUT2D eigenvalue weighted by Crippen LogP contribution is -2.27. The molecule has 1 aliphatic heterocycles. The van der Waals surface area contributed by atoms with Gasteiger partial charge in [0.15, 0.2) is 0 Å². The van der Waals surface area contributed by atoms with Crippen molar-refractivity contribution in [2.75, 3.05) is 34.0 Å². The third-order valence-electron chi connectivity index (χ3n) is 4.67. The van der Waals surface area contributed by atoms with Crippen LogP contribution in [0.25, 0.3) is 0 Å². The minimum Gasteiger partial charge on any atom is -0.497 e. The van der Waals surface area contributed by atoms with Crippen LogP contribution in [0, 0.1) is 0 Å². The first-order valence-electron chi connectivity index (χ1n) is 9.31. The van der Waals surface area contributed by atoms with E-state index in [9.17, 15) is 0 Å². The summed E-state index contributed by atoms with van der Waals surface area (Å²) in [5.41, 5.74) is 2.47. The molecule has 0 bridgehead atoms. The number of rotatable bonds is 10. The fourth-order valence-electron chi connectivity index (χ4n) is 3.09. The molecule has 2 aromatic carbocycles. The van der Waals surface area contributed by atoms with Gasteiger partial charge in [0.2, 0.25) is 0 Å². The lowest BCUT2D eigenvalue weighted by atomic mass is 10.1. The molecule has 0 spiro atoms. The van der Waals surface area contributed by atoms with Crippen LogP contribution in [0.4, 0.5) is 0 Å². The number of hydrogen-bond acceptors (Lipinski definition) is 5. The zero-order chi connectivity index (χ0) is 18.9. The van der Waals surface area contributed by atoms with Crippen molar-refractivity contribution in [3.63, 3.8) is 0 Å². The van der Waals surface area contributed by atoms with Crippen LogP contribution in [-0.2, 0) is 11.2 Å². The molecule has 1 N–H and O–H groups in total. The smallest absolute Gasteiger partial charge is 0.118 e. The van der Waals surface area contributed by atoms with Gasteiger partial charge in [-0.3, -0.25) is 0 Å². The van der Waals surface area contributed by atoms with Gasteiger partial charge in [-0.1, -0.05) is 24.3 Å². The van der Waals surface area contributed by atoms with Crippen molar-refractivity contribution in [2.45, 2.75) is 18.9 Å². The Morgan fingerprint density at radius 2 is 1.63 bits per heavy atom. The standard InChI is InChI=1S/C22H28N2O3/c1-25-20-9-5-18(6-10-20)4-3-15-27-22(16-24-14-13-23-17-24)19-7-11-21(26-2)12-8-19/h5-14,22-23H,3-4,15-17H2,1-2H3/t22-/m0/s1. The molecule has 0 unspecified atom stereocenters. The molecule has 27 heavy (non-hydrogen) atoms. The number of benzene rings is 2. The third-order valence-corrected chi connectivity index (χ3v) is 4.67. The number of hydrogen-bond donors (Lipinski definition) is 1. The van der Waals surface area contributed by atoms with Gasteiger partial charge >= 0.3 is 0 Å². The highest BCUT2D eigenvalue weighted by atomic mass is 16.5. The quantitative estimate of drug-likeness (QED) is 0.648. The SMILES string of the molecule is COc1ccc(CCCO[C@@H](CN2C=CNC2)c2ccc(OC)cc2)cc1. The molecule has 1 heterocycles. The maximum atomic E-state index is 6.26. The summed E-state index contributed by atoms with van der Waals surface area (Å²) in [7, 11) is 3.37. The molecule has 3 rings (SSSR count). The lowest BCUT2D eigenvalue weighted by Gasteiger charge is -2.24. The summed E-state index contributed by atoms with van der Waals surface area (Å²) < 4.78 is 16.7. The first-order valence-corrected chi connectivity index (χ1v) is 9.31. The van der Waals surface area contributed by atoms with Crippen LogP contribution in [0.2, 0.25) is 0 Å². The van der Waals surface area contributed by atoms with Crippen LogP contribution in [0.1, 0.15) is 23.7 Å². The Morgan fingerprint density at radius 3 is 2.22 bits per heavy atom. The topological polar surface area (TPSA) is 43.0 Å². The molecule has 0 saturated carbocycles. The van der Waals surface area contributed by atoms with E-state index in [1.165, 1.54) is 11.1 Å². The Hall–Kier alpha value is -2.66. The van der Waals surface area contributed by atoms with Gasteiger partial charge in [0.25, 0.3) is 0 Å². The van der Waals surface area contributed by atoms with Gasteiger partial charge in [0.1, 0.15) is 11.5 Å².